The number of benzene rings is 2. The number of carboxylic acid groups (broad SMARTS) is 1. The normalized spacial score (nSPS) is 12.8. The zero-order chi connectivity index (χ0) is 17.8. The molecule has 2 aromatic rings. The maximum Gasteiger partial charge on any atom is 0.303 e. The van der Waals surface area contributed by atoms with E-state index in [9.17, 15) is 9.59 Å². The van der Waals surface area contributed by atoms with Gasteiger partial charge in [0, 0.05) is 17.9 Å². The van der Waals surface area contributed by atoms with Crippen LogP contribution in [0.5, 0.6) is 0 Å². The summed E-state index contributed by atoms with van der Waals surface area (Å²) in [6.45, 7) is 0.430. The molecule has 0 saturated carbocycles. The van der Waals surface area contributed by atoms with Gasteiger partial charge < -0.3 is 10.0 Å². The predicted molar refractivity (Wildman–Crippen MR) is 99.5 cm³/mol. The fourth-order valence-corrected chi connectivity index (χ4v) is 3.10. The number of anilines is 1. The van der Waals surface area contributed by atoms with Crippen molar-refractivity contribution in [2.45, 2.75) is 25.8 Å². The molecule has 0 unspecified atom stereocenters. The van der Waals surface area contributed by atoms with Crippen molar-refractivity contribution in [3.8, 4) is 0 Å². The predicted octanol–water partition coefficient (Wildman–Crippen LogP) is 4.61. The number of rotatable bonds is 4. The summed E-state index contributed by atoms with van der Waals surface area (Å²) in [7, 11) is 0. The molecule has 2 aromatic carbocycles. The molecule has 0 atom stereocenters. The van der Waals surface area contributed by atoms with Gasteiger partial charge in [-0.1, -0.05) is 48.0 Å². The van der Waals surface area contributed by atoms with Crippen LogP contribution in [0.2, 0.25) is 5.02 Å². The quantitative estimate of drug-likeness (QED) is 0.871. The summed E-state index contributed by atoms with van der Waals surface area (Å²) in [6, 6.07) is 13.3. The van der Waals surface area contributed by atoms with Crippen LogP contribution in [-0.2, 0) is 16.1 Å². The molecule has 128 valence electrons. The van der Waals surface area contributed by atoms with Gasteiger partial charge in [0.25, 0.3) is 0 Å². The van der Waals surface area contributed by atoms with E-state index >= 15 is 0 Å². The van der Waals surface area contributed by atoms with Gasteiger partial charge in [0.1, 0.15) is 0 Å². The molecule has 1 aliphatic heterocycles. The number of para-hydroxylation sites is 1. The largest absolute Gasteiger partial charge is 0.481 e. The fourth-order valence-electron chi connectivity index (χ4n) is 2.92. The van der Waals surface area contributed by atoms with Crippen molar-refractivity contribution in [3.05, 3.63) is 64.2 Å². The Hall–Kier alpha value is -2.59. The molecule has 4 nitrogen and oxygen atoms in total. The molecule has 1 aliphatic rings. The summed E-state index contributed by atoms with van der Waals surface area (Å²) >= 11 is 6.10. The molecular formula is C20H18ClNO3. The van der Waals surface area contributed by atoms with Gasteiger partial charge in [0.2, 0.25) is 5.91 Å². The highest BCUT2D eigenvalue weighted by atomic mass is 35.5. The molecule has 25 heavy (non-hydrogen) atoms. The fraction of sp³-hybridized carbons (Fsp3) is 0.200. The average molecular weight is 356 g/mol. The third-order valence-corrected chi connectivity index (χ3v) is 4.42. The van der Waals surface area contributed by atoms with Crippen LogP contribution in [0.25, 0.3) is 12.2 Å². The van der Waals surface area contributed by atoms with E-state index in [2.05, 4.69) is 0 Å². The Balaban J connectivity index is 1.96. The number of carbonyl (C=O) groups excluding carboxylic acids is 1. The minimum atomic E-state index is -0.885. The molecule has 0 aromatic heterocycles. The number of carbonyl (C=O) groups is 2. The highest BCUT2D eigenvalue weighted by Crippen LogP contribution is 2.30. The molecule has 0 radical (unpaired) electrons. The molecule has 1 N–H and O–H groups in total. The molecule has 3 rings (SSSR count). The first-order valence-corrected chi connectivity index (χ1v) is 8.50. The van der Waals surface area contributed by atoms with Gasteiger partial charge in [-0.15, -0.1) is 0 Å². The first kappa shape index (κ1) is 17.2. The molecule has 1 amide bonds. The highest BCUT2D eigenvalue weighted by Gasteiger charge is 2.21. The summed E-state index contributed by atoms with van der Waals surface area (Å²) in [6.07, 6.45) is 4.50. The first-order valence-electron chi connectivity index (χ1n) is 8.12. The molecule has 1 heterocycles. The summed E-state index contributed by atoms with van der Waals surface area (Å²) in [4.78, 5) is 25.2. The van der Waals surface area contributed by atoms with Gasteiger partial charge >= 0.3 is 5.97 Å². The summed E-state index contributed by atoms with van der Waals surface area (Å²) in [5.41, 5.74) is 3.76. The van der Waals surface area contributed by atoms with Crippen LogP contribution in [0.4, 0.5) is 5.69 Å². The number of aliphatic carboxylic acids is 1. The average Bonchev–Trinajstić information content (AvgIpc) is 2.57. The van der Waals surface area contributed by atoms with Crippen LogP contribution in [0.3, 0.4) is 0 Å². The van der Waals surface area contributed by atoms with Crippen molar-refractivity contribution in [3.63, 3.8) is 0 Å². The van der Waals surface area contributed by atoms with Crippen LogP contribution < -0.4 is 4.90 Å². The Kier molecular flexibility index (Phi) is 5.19. The number of carboxylic acids is 1. The zero-order valence-corrected chi connectivity index (χ0v) is 14.4. The maximum absolute atomic E-state index is 12.8. The lowest BCUT2D eigenvalue weighted by Gasteiger charge is -2.27. The topological polar surface area (TPSA) is 57.6 Å². The molecule has 0 fully saturated rings. The number of halogens is 1. The van der Waals surface area contributed by atoms with Gasteiger partial charge in [-0.25, -0.2) is 0 Å². The van der Waals surface area contributed by atoms with Crippen molar-refractivity contribution >= 4 is 41.3 Å². The molecule has 0 spiro atoms. The van der Waals surface area contributed by atoms with Crippen LogP contribution in [0.1, 0.15) is 36.0 Å². The lowest BCUT2D eigenvalue weighted by molar-refractivity contribution is -0.137. The van der Waals surface area contributed by atoms with E-state index in [4.69, 9.17) is 16.7 Å². The Morgan fingerprint density at radius 2 is 1.80 bits per heavy atom. The van der Waals surface area contributed by atoms with Crippen molar-refractivity contribution in [2.24, 2.45) is 0 Å². The van der Waals surface area contributed by atoms with Gasteiger partial charge in [-0.05, 0) is 41.3 Å². The monoisotopic (exact) mass is 355 g/mol. The molecule has 5 heteroatoms. The zero-order valence-electron chi connectivity index (χ0n) is 13.6. The van der Waals surface area contributed by atoms with E-state index in [0.29, 0.717) is 18.0 Å². The Bertz CT molecular complexity index is 845. The summed E-state index contributed by atoms with van der Waals surface area (Å²) in [5, 5.41) is 9.44. The van der Waals surface area contributed by atoms with Crippen LogP contribution in [0, 0.1) is 0 Å². The summed E-state index contributed by atoms with van der Waals surface area (Å²) < 4.78 is 0. The van der Waals surface area contributed by atoms with Gasteiger partial charge in [-0.2, -0.15) is 0 Å². The van der Waals surface area contributed by atoms with E-state index in [1.54, 1.807) is 4.90 Å². The van der Waals surface area contributed by atoms with E-state index in [-0.39, 0.29) is 18.7 Å². The molecular weight excluding hydrogens is 338 g/mol. The Labute approximate surface area is 151 Å². The van der Waals surface area contributed by atoms with E-state index in [1.165, 1.54) is 0 Å². The van der Waals surface area contributed by atoms with Gasteiger partial charge in [0.05, 0.1) is 12.2 Å². The number of amides is 1. The molecule has 0 bridgehead atoms. The number of hydrogen-bond acceptors (Lipinski definition) is 2. The lowest BCUT2D eigenvalue weighted by atomic mass is 10.0. The van der Waals surface area contributed by atoms with E-state index < -0.39 is 5.97 Å². The minimum Gasteiger partial charge on any atom is -0.481 e. The summed E-state index contributed by atoms with van der Waals surface area (Å²) in [5.74, 6) is -0.964. The Morgan fingerprint density at radius 3 is 2.60 bits per heavy atom. The van der Waals surface area contributed by atoms with E-state index in [0.717, 1.165) is 22.4 Å². The molecule has 0 aliphatic carbocycles. The minimum absolute atomic E-state index is 0.00662. The lowest BCUT2D eigenvalue weighted by Crippen LogP contribution is -2.31. The Morgan fingerprint density at radius 1 is 1.04 bits per heavy atom. The molecule has 0 saturated heterocycles. The number of hydrogen-bond donors (Lipinski definition) is 1. The second-order valence-electron chi connectivity index (χ2n) is 5.96. The van der Waals surface area contributed by atoms with Crippen molar-refractivity contribution in [2.75, 3.05) is 4.90 Å². The van der Waals surface area contributed by atoms with Gasteiger partial charge in [-0.3, -0.25) is 9.59 Å². The first-order chi connectivity index (χ1) is 12.0. The van der Waals surface area contributed by atoms with Crippen LogP contribution in [-0.4, -0.2) is 17.0 Å². The smallest absolute Gasteiger partial charge is 0.303 e. The third kappa shape index (κ3) is 4.09. The van der Waals surface area contributed by atoms with Gasteiger partial charge in [0.15, 0.2) is 0 Å². The maximum atomic E-state index is 12.8. The van der Waals surface area contributed by atoms with E-state index in [1.807, 2.05) is 54.6 Å². The second kappa shape index (κ2) is 7.53. The second-order valence-corrected chi connectivity index (χ2v) is 6.40. The number of fused-ring (bicyclic) bond motifs is 2. The third-order valence-electron chi connectivity index (χ3n) is 4.19. The SMILES string of the molecule is O=C(O)CCCC(=O)N1Cc2ccc(Cl)cc2C=Cc2ccccc21. The highest BCUT2D eigenvalue weighted by molar-refractivity contribution is 6.30. The van der Waals surface area contributed by atoms with Crippen LogP contribution >= 0.6 is 11.6 Å². The van der Waals surface area contributed by atoms with Crippen LogP contribution in [0.15, 0.2) is 42.5 Å². The van der Waals surface area contributed by atoms with Crippen molar-refractivity contribution < 1.29 is 14.7 Å². The van der Waals surface area contributed by atoms with Crippen molar-refractivity contribution in [1.29, 1.82) is 0 Å². The van der Waals surface area contributed by atoms with Crippen molar-refractivity contribution in [1.82, 2.24) is 0 Å². The number of nitrogens with zero attached hydrogens (tertiary/aromatic N) is 1. The standard InChI is InChI=1S/C20H18ClNO3/c21-17-11-10-16-13-22(19(23)6-3-7-20(24)25)18-5-2-1-4-14(18)8-9-15(16)12-17/h1-2,4-5,8-12H,3,6-7,13H2,(H,24,25).